The molecule has 4 heterocycles. The fourth-order valence-corrected chi connectivity index (χ4v) is 6.00. The van der Waals surface area contributed by atoms with Gasteiger partial charge in [-0.25, -0.2) is 4.39 Å². The van der Waals surface area contributed by atoms with Crippen LogP contribution in [0.3, 0.4) is 0 Å². The Hall–Kier alpha value is -3.31. The zero-order chi connectivity index (χ0) is 25.8. The van der Waals surface area contributed by atoms with Crippen LogP contribution in [0.25, 0.3) is 10.6 Å². The molecule has 0 unspecified atom stereocenters. The van der Waals surface area contributed by atoms with Crippen molar-refractivity contribution in [1.82, 2.24) is 24.6 Å². The molecule has 1 saturated heterocycles. The van der Waals surface area contributed by atoms with Crippen molar-refractivity contribution in [2.75, 3.05) is 13.1 Å². The third-order valence-electron chi connectivity index (χ3n) is 7.03. The van der Waals surface area contributed by atoms with Gasteiger partial charge >= 0.3 is 0 Å². The molecule has 2 aromatic heterocycles. The number of nitrogens with zero attached hydrogens (tertiary/aromatic N) is 6. The first-order valence-electron chi connectivity index (χ1n) is 12.2. The maximum Gasteiger partial charge on any atom is 0.281 e. The highest BCUT2D eigenvalue weighted by Crippen LogP contribution is 2.34. The van der Waals surface area contributed by atoms with Crippen LogP contribution in [0, 0.1) is 5.82 Å². The van der Waals surface area contributed by atoms with Gasteiger partial charge in [-0.15, -0.1) is 10.2 Å². The van der Waals surface area contributed by atoms with Crippen molar-refractivity contribution in [2.45, 2.75) is 51.2 Å². The lowest BCUT2D eigenvalue weighted by atomic mass is 10.1. The summed E-state index contributed by atoms with van der Waals surface area (Å²) >= 11 is 7.00. The van der Waals surface area contributed by atoms with E-state index in [-0.39, 0.29) is 33.8 Å². The van der Waals surface area contributed by atoms with Crippen molar-refractivity contribution in [3.05, 3.63) is 61.7 Å². The average molecular weight is 543 g/mol. The first kappa shape index (κ1) is 24.1. The molecule has 1 aliphatic carbocycles. The summed E-state index contributed by atoms with van der Waals surface area (Å²) in [6, 6.07) is 5.02. The number of aromatic nitrogens is 3. The van der Waals surface area contributed by atoms with E-state index in [0.717, 1.165) is 37.1 Å². The summed E-state index contributed by atoms with van der Waals surface area (Å²) < 4.78 is 15.9. The second-order valence-electron chi connectivity index (χ2n) is 9.57. The van der Waals surface area contributed by atoms with Crippen molar-refractivity contribution in [2.24, 2.45) is 4.99 Å². The minimum absolute atomic E-state index is 0.0193. The van der Waals surface area contributed by atoms with Crippen LogP contribution in [0.1, 0.15) is 47.2 Å². The van der Waals surface area contributed by atoms with Crippen molar-refractivity contribution in [3.8, 4) is 16.3 Å². The summed E-state index contributed by atoms with van der Waals surface area (Å²) in [7, 11) is 0. The summed E-state index contributed by atoms with van der Waals surface area (Å²) in [4.78, 5) is 35.6. The maximum atomic E-state index is 14.3. The minimum Gasteiger partial charge on any atom is -0.503 e. The standard InChI is InChI=1S/C25H24ClFN6O3S/c1-13-7-9-32(15-5-6-15)25-28-8-10-31-12-16(21(34)22(35)20(31)24(36)33(13)25)23-30-29-18(37-23)11-14-3-2-4-17(26)19(14)27/h2-4,12-13,15,35H,5-11H2,1H3/t13-/m0/s1. The SMILES string of the molecule is C[C@H]1CCN(C2CC2)C2=NCCn3cc(-c4nnc(Cc5cccc(Cl)c5F)s4)c(=O)c(O)c3C(=O)N21. The Kier molecular flexibility index (Phi) is 5.99. The lowest BCUT2D eigenvalue weighted by molar-refractivity contribution is 0.0721. The molecule has 9 nitrogen and oxygen atoms in total. The highest BCUT2D eigenvalue weighted by atomic mass is 35.5. The molecule has 1 aromatic carbocycles. The average Bonchev–Trinajstić information content (AvgIpc) is 3.61. The number of fused-ring (bicyclic) bond motifs is 2. The number of benzene rings is 1. The van der Waals surface area contributed by atoms with E-state index < -0.39 is 22.9 Å². The molecule has 2 fully saturated rings. The first-order valence-corrected chi connectivity index (χ1v) is 13.4. The lowest BCUT2D eigenvalue weighted by Crippen LogP contribution is -2.58. The Balaban J connectivity index is 1.36. The fraction of sp³-hybridized carbons (Fsp3) is 0.400. The van der Waals surface area contributed by atoms with E-state index in [1.54, 1.807) is 21.6 Å². The topological polar surface area (TPSA) is 104 Å². The van der Waals surface area contributed by atoms with Gasteiger partial charge in [-0.2, -0.15) is 0 Å². The summed E-state index contributed by atoms with van der Waals surface area (Å²) in [5.74, 6) is -0.940. The predicted octanol–water partition coefficient (Wildman–Crippen LogP) is 3.52. The minimum atomic E-state index is -0.695. The lowest BCUT2D eigenvalue weighted by Gasteiger charge is -2.43. The third kappa shape index (κ3) is 4.19. The van der Waals surface area contributed by atoms with E-state index in [1.807, 2.05) is 6.92 Å². The van der Waals surface area contributed by atoms with Crippen molar-refractivity contribution in [3.63, 3.8) is 0 Å². The molecule has 3 aromatic rings. The van der Waals surface area contributed by atoms with Crippen LogP contribution >= 0.6 is 22.9 Å². The number of halogens is 2. The largest absolute Gasteiger partial charge is 0.503 e. The van der Waals surface area contributed by atoms with E-state index >= 15 is 0 Å². The molecular formula is C25H24ClFN6O3S. The van der Waals surface area contributed by atoms with Crippen molar-refractivity contribution in [1.29, 1.82) is 0 Å². The second kappa shape index (κ2) is 9.21. The summed E-state index contributed by atoms with van der Waals surface area (Å²) in [6.45, 7) is 3.49. The molecule has 1 saturated carbocycles. The molecule has 1 atom stereocenters. The number of aromatic hydroxyl groups is 1. The van der Waals surface area contributed by atoms with Gasteiger partial charge in [0, 0.05) is 37.8 Å². The predicted molar refractivity (Wildman–Crippen MR) is 138 cm³/mol. The molecule has 12 heteroatoms. The van der Waals surface area contributed by atoms with Gasteiger partial charge in [0.1, 0.15) is 10.8 Å². The number of pyridine rings is 1. The Bertz CT molecular complexity index is 1500. The van der Waals surface area contributed by atoms with Crippen molar-refractivity contribution >= 4 is 34.8 Å². The summed E-state index contributed by atoms with van der Waals surface area (Å²) in [5.41, 5.74) is -0.251. The van der Waals surface area contributed by atoms with Gasteiger partial charge in [-0.1, -0.05) is 35.1 Å². The van der Waals surface area contributed by atoms with Gasteiger partial charge in [0.15, 0.2) is 16.5 Å². The third-order valence-corrected chi connectivity index (χ3v) is 8.28. The van der Waals surface area contributed by atoms with Gasteiger partial charge < -0.3 is 14.6 Å². The Morgan fingerprint density at radius 1 is 1.19 bits per heavy atom. The molecule has 37 heavy (non-hydrogen) atoms. The zero-order valence-electron chi connectivity index (χ0n) is 20.0. The van der Waals surface area contributed by atoms with Crippen LogP contribution in [-0.4, -0.2) is 66.7 Å². The van der Waals surface area contributed by atoms with E-state index in [2.05, 4.69) is 15.1 Å². The molecular weight excluding hydrogens is 519 g/mol. The van der Waals surface area contributed by atoms with E-state index in [1.165, 1.54) is 12.3 Å². The molecule has 0 bridgehead atoms. The number of hydrogen-bond donors (Lipinski definition) is 1. The number of amides is 1. The molecule has 0 radical (unpaired) electrons. The smallest absolute Gasteiger partial charge is 0.281 e. The second-order valence-corrected chi connectivity index (χ2v) is 11.0. The van der Waals surface area contributed by atoms with Crippen LogP contribution < -0.4 is 5.43 Å². The van der Waals surface area contributed by atoms with Gasteiger partial charge in [0.25, 0.3) is 5.91 Å². The number of hydrogen-bond acceptors (Lipinski definition) is 8. The molecule has 2 aliphatic heterocycles. The molecule has 1 amide bonds. The fourth-order valence-electron chi connectivity index (χ4n) is 4.94. The Morgan fingerprint density at radius 3 is 2.78 bits per heavy atom. The van der Waals surface area contributed by atoms with Gasteiger partial charge in [0.2, 0.25) is 11.4 Å². The monoisotopic (exact) mass is 542 g/mol. The maximum absolute atomic E-state index is 14.3. The van der Waals surface area contributed by atoms with E-state index in [0.29, 0.717) is 35.7 Å². The quantitative estimate of drug-likeness (QED) is 0.541. The zero-order valence-corrected chi connectivity index (χ0v) is 21.6. The molecule has 192 valence electrons. The first-order chi connectivity index (χ1) is 17.8. The van der Waals surface area contributed by atoms with Gasteiger partial charge in [-0.05, 0) is 37.8 Å². The van der Waals surface area contributed by atoms with Crippen LogP contribution in [0.15, 0.2) is 34.2 Å². The molecule has 0 spiro atoms. The van der Waals surface area contributed by atoms with Crippen molar-refractivity contribution < 1.29 is 14.3 Å². The summed E-state index contributed by atoms with van der Waals surface area (Å²) in [6.07, 6.45) is 4.63. The Morgan fingerprint density at radius 2 is 2.00 bits per heavy atom. The van der Waals surface area contributed by atoms with Crippen LogP contribution in [0.2, 0.25) is 5.02 Å². The van der Waals surface area contributed by atoms with Gasteiger partial charge in [0.05, 0.1) is 17.1 Å². The number of guanidine groups is 1. The highest BCUT2D eigenvalue weighted by Gasteiger charge is 2.42. The highest BCUT2D eigenvalue weighted by molar-refractivity contribution is 7.14. The molecule has 6 rings (SSSR count). The van der Waals surface area contributed by atoms with Gasteiger partial charge in [-0.3, -0.25) is 19.5 Å². The summed E-state index contributed by atoms with van der Waals surface area (Å²) in [5, 5.41) is 20.0. The normalized spacial score (nSPS) is 19.7. The molecule has 1 N–H and O–H groups in total. The number of rotatable bonds is 4. The van der Waals surface area contributed by atoms with Crippen LogP contribution in [0.4, 0.5) is 4.39 Å². The number of carbonyl (C=O) groups excluding carboxylic acids is 1. The van der Waals surface area contributed by atoms with E-state index in [9.17, 15) is 19.1 Å². The van der Waals surface area contributed by atoms with E-state index in [4.69, 9.17) is 16.6 Å². The number of carbonyl (C=O) groups is 1. The van der Waals surface area contributed by atoms with Crippen LogP contribution in [-0.2, 0) is 13.0 Å². The van der Waals surface area contributed by atoms with Crippen LogP contribution in [0.5, 0.6) is 5.75 Å². The number of aliphatic imine (C=N–C) groups is 1. The Labute approximate surface area is 220 Å². The molecule has 3 aliphatic rings.